The molecule has 2 aliphatic rings. The second-order valence-electron chi connectivity index (χ2n) is 5.21. The van der Waals surface area contributed by atoms with E-state index in [-0.39, 0.29) is 24.4 Å². The molecule has 2 aliphatic carbocycles. The highest BCUT2D eigenvalue weighted by Gasteiger charge is 2.40. The highest BCUT2D eigenvalue weighted by atomic mass is 19.1. The summed E-state index contributed by atoms with van der Waals surface area (Å²) in [4.78, 5) is 13.9. The summed E-state index contributed by atoms with van der Waals surface area (Å²) in [5.74, 6) is -0.859. The van der Waals surface area contributed by atoms with Crippen LogP contribution in [0.5, 0.6) is 0 Å². The van der Waals surface area contributed by atoms with Crippen molar-refractivity contribution in [1.82, 2.24) is 4.90 Å². The Balaban J connectivity index is 1.77. The van der Waals surface area contributed by atoms with Crippen molar-refractivity contribution in [2.45, 2.75) is 38.3 Å². The maximum atomic E-state index is 13.6. The van der Waals surface area contributed by atoms with Crippen LogP contribution in [0.3, 0.4) is 0 Å². The molecule has 0 spiro atoms. The lowest BCUT2D eigenvalue weighted by molar-refractivity contribution is -0.133. The lowest BCUT2D eigenvalue weighted by Crippen LogP contribution is -2.34. The average Bonchev–Trinajstić information content (AvgIpc) is 3.17. The van der Waals surface area contributed by atoms with Crippen molar-refractivity contribution < 1.29 is 13.6 Å². The molecule has 0 saturated heterocycles. The van der Waals surface area contributed by atoms with Gasteiger partial charge in [-0.05, 0) is 31.7 Å². The van der Waals surface area contributed by atoms with Gasteiger partial charge >= 0.3 is 0 Å². The molecule has 1 aromatic rings. The van der Waals surface area contributed by atoms with Crippen molar-refractivity contribution in [3.63, 3.8) is 0 Å². The maximum absolute atomic E-state index is 13.6. The van der Waals surface area contributed by atoms with E-state index in [1.54, 1.807) is 4.90 Å². The first-order chi connectivity index (χ1) is 8.65. The Bertz CT molecular complexity index is 481. The molecule has 0 aromatic heterocycles. The minimum atomic E-state index is -0.581. The quantitative estimate of drug-likeness (QED) is 0.805. The number of carbonyl (C=O) groups is 1. The Morgan fingerprint density at radius 1 is 1.22 bits per heavy atom. The van der Waals surface area contributed by atoms with Crippen molar-refractivity contribution in [1.29, 1.82) is 0 Å². The van der Waals surface area contributed by atoms with E-state index in [4.69, 9.17) is 0 Å². The molecule has 0 N–H and O–H groups in total. The van der Waals surface area contributed by atoms with Gasteiger partial charge < -0.3 is 4.90 Å². The number of hydrogen-bond donors (Lipinski definition) is 0. The summed E-state index contributed by atoms with van der Waals surface area (Å²) in [6.45, 7) is 0.270. The first kappa shape index (κ1) is 11.6. The molecule has 2 nitrogen and oxygen atoms in total. The SMILES string of the molecule is O=C(C1CC1)N(Cc1ccc(F)cc1F)C1CC1. The third-order valence-electron chi connectivity index (χ3n) is 3.55. The van der Waals surface area contributed by atoms with E-state index in [1.165, 1.54) is 12.1 Å². The van der Waals surface area contributed by atoms with E-state index in [2.05, 4.69) is 0 Å². The number of carbonyl (C=O) groups excluding carboxylic acids is 1. The Labute approximate surface area is 105 Å². The van der Waals surface area contributed by atoms with Crippen molar-refractivity contribution >= 4 is 5.91 Å². The Morgan fingerprint density at radius 3 is 2.50 bits per heavy atom. The van der Waals surface area contributed by atoms with Gasteiger partial charge in [0, 0.05) is 30.1 Å². The van der Waals surface area contributed by atoms with E-state index < -0.39 is 11.6 Å². The Kier molecular flexibility index (Phi) is 2.80. The lowest BCUT2D eigenvalue weighted by Gasteiger charge is -2.22. The van der Waals surface area contributed by atoms with Crippen molar-refractivity contribution in [2.75, 3.05) is 0 Å². The van der Waals surface area contributed by atoms with Crippen LogP contribution in [-0.2, 0) is 11.3 Å². The van der Waals surface area contributed by atoms with Crippen LogP contribution < -0.4 is 0 Å². The number of halogens is 2. The highest BCUT2D eigenvalue weighted by Crippen LogP contribution is 2.36. The van der Waals surface area contributed by atoms with Gasteiger partial charge in [0.25, 0.3) is 0 Å². The van der Waals surface area contributed by atoms with E-state index in [1.807, 2.05) is 0 Å². The van der Waals surface area contributed by atoms with E-state index in [0.29, 0.717) is 5.56 Å². The van der Waals surface area contributed by atoms with Gasteiger partial charge in [0.05, 0.1) is 0 Å². The van der Waals surface area contributed by atoms with Gasteiger partial charge in [-0.15, -0.1) is 0 Å². The van der Waals surface area contributed by atoms with Crippen LogP contribution in [0.15, 0.2) is 18.2 Å². The van der Waals surface area contributed by atoms with Crippen molar-refractivity contribution in [2.24, 2.45) is 5.92 Å². The van der Waals surface area contributed by atoms with Gasteiger partial charge in [0.15, 0.2) is 0 Å². The maximum Gasteiger partial charge on any atom is 0.226 e. The molecular formula is C14H15F2NO. The predicted octanol–water partition coefficient (Wildman–Crippen LogP) is 2.87. The molecule has 1 amide bonds. The van der Waals surface area contributed by atoms with E-state index in [9.17, 15) is 13.6 Å². The van der Waals surface area contributed by atoms with Crippen LogP contribution in [0, 0.1) is 17.6 Å². The molecular weight excluding hydrogens is 236 g/mol. The van der Waals surface area contributed by atoms with Crippen LogP contribution in [0.2, 0.25) is 0 Å². The third kappa shape index (κ3) is 2.37. The molecule has 0 aliphatic heterocycles. The molecule has 0 heterocycles. The molecule has 2 fully saturated rings. The molecule has 2 saturated carbocycles. The third-order valence-corrected chi connectivity index (χ3v) is 3.55. The summed E-state index contributed by atoms with van der Waals surface area (Å²) >= 11 is 0. The summed E-state index contributed by atoms with van der Waals surface area (Å²) in [6.07, 6.45) is 3.91. The van der Waals surface area contributed by atoms with Crippen LogP contribution >= 0.6 is 0 Å². The number of nitrogens with zero attached hydrogens (tertiary/aromatic N) is 1. The average molecular weight is 251 g/mol. The molecule has 18 heavy (non-hydrogen) atoms. The molecule has 96 valence electrons. The fraction of sp³-hybridized carbons (Fsp3) is 0.500. The van der Waals surface area contributed by atoms with Crippen molar-refractivity contribution in [3.05, 3.63) is 35.4 Å². The van der Waals surface area contributed by atoms with Crippen molar-refractivity contribution in [3.8, 4) is 0 Å². The Hall–Kier alpha value is -1.45. The zero-order valence-corrected chi connectivity index (χ0v) is 10.0. The largest absolute Gasteiger partial charge is 0.335 e. The lowest BCUT2D eigenvalue weighted by atomic mass is 10.2. The second-order valence-corrected chi connectivity index (χ2v) is 5.21. The molecule has 4 heteroatoms. The van der Waals surface area contributed by atoms with Crippen LogP contribution in [0.4, 0.5) is 8.78 Å². The first-order valence-corrected chi connectivity index (χ1v) is 6.39. The highest BCUT2D eigenvalue weighted by molar-refractivity contribution is 5.81. The molecule has 0 bridgehead atoms. The second kappa shape index (κ2) is 4.34. The molecule has 1 aromatic carbocycles. The van der Waals surface area contributed by atoms with Crippen LogP contribution in [0.25, 0.3) is 0 Å². The predicted molar refractivity (Wildman–Crippen MR) is 62.7 cm³/mol. The van der Waals surface area contributed by atoms with Gasteiger partial charge in [-0.3, -0.25) is 4.79 Å². The fourth-order valence-corrected chi connectivity index (χ4v) is 2.17. The van der Waals surface area contributed by atoms with Crippen LogP contribution in [0.1, 0.15) is 31.2 Å². The number of hydrogen-bond acceptors (Lipinski definition) is 1. The molecule has 0 unspecified atom stereocenters. The van der Waals surface area contributed by atoms with Gasteiger partial charge in [-0.2, -0.15) is 0 Å². The van der Waals surface area contributed by atoms with Gasteiger partial charge in [-0.25, -0.2) is 8.78 Å². The zero-order chi connectivity index (χ0) is 12.7. The molecule has 0 radical (unpaired) electrons. The summed E-state index contributed by atoms with van der Waals surface area (Å²) in [7, 11) is 0. The summed E-state index contributed by atoms with van der Waals surface area (Å²) < 4.78 is 26.4. The molecule has 0 atom stereocenters. The number of amides is 1. The van der Waals surface area contributed by atoms with Crippen LogP contribution in [-0.4, -0.2) is 16.8 Å². The monoisotopic (exact) mass is 251 g/mol. The number of benzene rings is 1. The topological polar surface area (TPSA) is 20.3 Å². The summed E-state index contributed by atoms with van der Waals surface area (Å²) in [6, 6.07) is 3.82. The normalized spacial score (nSPS) is 18.8. The smallest absolute Gasteiger partial charge is 0.226 e. The summed E-state index contributed by atoms with van der Waals surface area (Å²) in [5.41, 5.74) is 0.400. The van der Waals surface area contributed by atoms with Gasteiger partial charge in [-0.1, -0.05) is 6.07 Å². The van der Waals surface area contributed by atoms with E-state index >= 15 is 0 Å². The number of rotatable bonds is 4. The first-order valence-electron chi connectivity index (χ1n) is 6.39. The van der Waals surface area contributed by atoms with E-state index in [0.717, 1.165) is 31.7 Å². The minimum absolute atomic E-state index is 0.140. The summed E-state index contributed by atoms with van der Waals surface area (Å²) in [5, 5.41) is 0. The zero-order valence-electron chi connectivity index (χ0n) is 10.0. The van der Waals surface area contributed by atoms with Gasteiger partial charge in [0.2, 0.25) is 5.91 Å². The Morgan fingerprint density at radius 2 is 1.94 bits per heavy atom. The molecule has 3 rings (SSSR count). The standard InChI is InChI=1S/C14H15F2NO/c15-11-4-3-10(13(16)7-11)8-17(12-5-6-12)14(18)9-1-2-9/h3-4,7,9,12H,1-2,5-6,8H2. The minimum Gasteiger partial charge on any atom is -0.335 e. The fourth-order valence-electron chi connectivity index (χ4n) is 2.17. The van der Waals surface area contributed by atoms with Gasteiger partial charge in [0.1, 0.15) is 11.6 Å².